The summed E-state index contributed by atoms with van der Waals surface area (Å²) in [5.41, 5.74) is 5.35. The van der Waals surface area contributed by atoms with E-state index in [0.29, 0.717) is 12.8 Å². The molecule has 1 unspecified atom stereocenters. The average molecular weight is 802 g/mol. The summed E-state index contributed by atoms with van der Waals surface area (Å²) in [5.74, 6) is -0.841. The summed E-state index contributed by atoms with van der Waals surface area (Å²) >= 11 is 0. The van der Waals surface area contributed by atoms with E-state index in [-0.39, 0.29) is 32.6 Å². The molecule has 0 radical (unpaired) electrons. The molecule has 0 aliphatic rings. The minimum atomic E-state index is -4.38. The van der Waals surface area contributed by atoms with Crippen molar-refractivity contribution in [3.8, 4) is 0 Å². The minimum absolute atomic E-state index is 0.0540. The first kappa shape index (κ1) is 53.8. The van der Waals surface area contributed by atoms with Crippen LogP contribution in [0.15, 0.2) is 12.2 Å². The summed E-state index contributed by atoms with van der Waals surface area (Å²) in [4.78, 5) is 34.9. The van der Waals surface area contributed by atoms with Crippen molar-refractivity contribution in [2.24, 2.45) is 5.73 Å². The topological polar surface area (TPSA) is 134 Å². The SMILES string of the molecule is CCCCCCCCCCC/C=C/CCCCC(=O)OC[C@H](COP(=O)(O)OCCN)OC(=O)CCCCCCCCCCCCCCCCCCCCC. The zero-order valence-corrected chi connectivity index (χ0v) is 36.8. The summed E-state index contributed by atoms with van der Waals surface area (Å²) in [6, 6.07) is 0. The van der Waals surface area contributed by atoms with Crippen LogP contribution in [0.25, 0.3) is 0 Å². The lowest BCUT2D eigenvalue weighted by Gasteiger charge is -2.19. The molecule has 0 heterocycles. The summed E-state index contributed by atoms with van der Waals surface area (Å²) in [5, 5.41) is 0. The van der Waals surface area contributed by atoms with Gasteiger partial charge in [0.25, 0.3) is 0 Å². The highest BCUT2D eigenvalue weighted by Crippen LogP contribution is 2.43. The van der Waals surface area contributed by atoms with Crippen LogP contribution in [0, 0.1) is 0 Å². The van der Waals surface area contributed by atoms with Gasteiger partial charge in [-0.05, 0) is 38.5 Å². The highest BCUT2D eigenvalue weighted by Gasteiger charge is 2.26. The number of rotatable bonds is 44. The fourth-order valence-electron chi connectivity index (χ4n) is 6.69. The molecule has 3 N–H and O–H groups in total. The molecule has 0 aliphatic heterocycles. The Balaban J connectivity index is 4.09. The lowest BCUT2D eigenvalue weighted by atomic mass is 10.0. The van der Waals surface area contributed by atoms with Crippen LogP contribution in [0.5, 0.6) is 0 Å². The second-order valence-electron chi connectivity index (χ2n) is 15.6. The molecule has 0 aliphatic carbocycles. The van der Waals surface area contributed by atoms with Gasteiger partial charge in [0.05, 0.1) is 13.2 Å². The van der Waals surface area contributed by atoms with Crippen LogP contribution in [0.1, 0.15) is 232 Å². The van der Waals surface area contributed by atoms with Crippen LogP contribution in [0.2, 0.25) is 0 Å². The molecule has 0 saturated heterocycles. The molecule has 0 rings (SSSR count). The molecule has 0 fully saturated rings. The summed E-state index contributed by atoms with van der Waals surface area (Å²) < 4.78 is 32.8. The molecule has 0 spiro atoms. The number of hydrogen-bond acceptors (Lipinski definition) is 8. The smallest absolute Gasteiger partial charge is 0.462 e. The number of phosphoric ester groups is 1. The van der Waals surface area contributed by atoms with E-state index >= 15 is 0 Å². The van der Waals surface area contributed by atoms with Gasteiger partial charge < -0.3 is 20.1 Å². The Morgan fingerprint density at radius 3 is 1.33 bits per heavy atom. The van der Waals surface area contributed by atoms with E-state index in [4.69, 9.17) is 24.3 Å². The number of carbonyl (C=O) groups excluding carboxylic acids is 2. The molecular formula is C45H88NO8P. The molecule has 10 heteroatoms. The van der Waals surface area contributed by atoms with Crippen molar-refractivity contribution in [2.45, 2.75) is 238 Å². The molecule has 55 heavy (non-hydrogen) atoms. The minimum Gasteiger partial charge on any atom is -0.462 e. The van der Waals surface area contributed by atoms with E-state index < -0.39 is 32.5 Å². The lowest BCUT2D eigenvalue weighted by molar-refractivity contribution is -0.161. The van der Waals surface area contributed by atoms with Crippen LogP contribution in [-0.4, -0.2) is 49.3 Å². The number of ether oxygens (including phenoxy) is 2. The Morgan fingerprint density at radius 2 is 0.891 bits per heavy atom. The maximum absolute atomic E-state index is 12.6. The average Bonchev–Trinajstić information content (AvgIpc) is 3.17. The molecule has 0 saturated carbocycles. The van der Waals surface area contributed by atoms with Crippen LogP contribution in [0.3, 0.4) is 0 Å². The van der Waals surface area contributed by atoms with Crippen LogP contribution < -0.4 is 5.73 Å². The van der Waals surface area contributed by atoms with E-state index in [1.165, 1.54) is 161 Å². The summed E-state index contributed by atoms with van der Waals surface area (Å²) in [7, 11) is -4.38. The fraction of sp³-hybridized carbons (Fsp3) is 0.911. The molecule has 0 aromatic carbocycles. The first-order chi connectivity index (χ1) is 26.8. The quantitative estimate of drug-likeness (QED) is 0.0267. The normalized spacial score (nSPS) is 13.3. The van der Waals surface area contributed by atoms with E-state index in [1.54, 1.807) is 0 Å². The van der Waals surface area contributed by atoms with Gasteiger partial charge in [0.1, 0.15) is 6.61 Å². The Hall–Kier alpha value is -1.25. The first-order valence-corrected chi connectivity index (χ1v) is 24.7. The van der Waals surface area contributed by atoms with E-state index in [2.05, 4.69) is 26.0 Å². The van der Waals surface area contributed by atoms with Crippen molar-refractivity contribution in [1.29, 1.82) is 0 Å². The molecule has 0 bridgehead atoms. The molecule has 0 aromatic rings. The highest BCUT2D eigenvalue weighted by molar-refractivity contribution is 7.47. The predicted octanol–water partition coefficient (Wildman–Crippen LogP) is 13.4. The maximum Gasteiger partial charge on any atom is 0.472 e. The number of unbranched alkanes of at least 4 members (excludes halogenated alkanes) is 29. The van der Waals surface area contributed by atoms with E-state index in [1.807, 2.05) is 0 Å². The third-order valence-corrected chi connectivity index (χ3v) is 11.1. The third kappa shape index (κ3) is 42.2. The van der Waals surface area contributed by atoms with Crippen molar-refractivity contribution in [1.82, 2.24) is 0 Å². The molecule has 0 amide bonds. The van der Waals surface area contributed by atoms with E-state index in [0.717, 1.165) is 32.1 Å². The molecular weight excluding hydrogens is 713 g/mol. The van der Waals surface area contributed by atoms with Crippen LogP contribution >= 0.6 is 7.82 Å². The Labute approximate surface area is 339 Å². The third-order valence-electron chi connectivity index (χ3n) is 10.2. The van der Waals surface area contributed by atoms with Crippen molar-refractivity contribution in [3.05, 3.63) is 12.2 Å². The Bertz CT molecular complexity index is 917. The Kier molecular flexibility index (Phi) is 41.4. The van der Waals surface area contributed by atoms with Gasteiger partial charge >= 0.3 is 19.8 Å². The lowest BCUT2D eigenvalue weighted by Crippen LogP contribution is -2.29. The van der Waals surface area contributed by atoms with Gasteiger partial charge in [0, 0.05) is 19.4 Å². The summed E-state index contributed by atoms with van der Waals surface area (Å²) in [6.07, 6.45) is 43.9. The molecule has 9 nitrogen and oxygen atoms in total. The van der Waals surface area contributed by atoms with Gasteiger partial charge in [-0.1, -0.05) is 193 Å². The number of hydrogen-bond donors (Lipinski definition) is 2. The van der Waals surface area contributed by atoms with Crippen molar-refractivity contribution >= 4 is 19.8 Å². The van der Waals surface area contributed by atoms with Crippen LogP contribution in [0.4, 0.5) is 0 Å². The number of carbonyl (C=O) groups is 2. The van der Waals surface area contributed by atoms with Gasteiger partial charge in [0.15, 0.2) is 6.10 Å². The predicted molar refractivity (Wildman–Crippen MR) is 229 cm³/mol. The number of allylic oxidation sites excluding steroid dienone is 2. The van der Waals surface area contributed by atoms with Gasteiger partial charge in [-0.2, -0.15) is 0 Å². The fourth-order valence-corrected chi connectivity index (χ4v) is 7.45. The number of nitrogens with two attached hydrogens (primary N) is 1. The number of phosphoric acid groups is 1. The highest BCUT2D eigenvalue weighted by atomic mass is 31.2. The van der Waals surface area contributed by atoms with Gasteiger partial charge in [-0.3, -0.25) is 18.6 Å². The standard InChI is InChI=1S/C45H88NO8P/c1-3-5-7-9-11-13-15-17-19-20-21-22-24-26-28-30-32-34-36-38-45(48)54-43(42-53-55(49,50)52-40-39-46)41-51-44(47)37-35-33-31-29-27-25-23-18-16-14-12-10-8-6-4-2/h27,29,43H,3-26,28,30-42,46H2,1-2H3,(H,49,50)/b29-27+/t43-/m1/s1. The zero-order valence-electron chi connectivity index (χ0n) is 35.9. The van der Waals surface area contributed by atoms with E-state index in [9.17, 15) is 19.0 Å². The zero-order chi connectivity index (χ0) is 40.3. The first-order valence-electron chi connectivity index (χ1n) is 23.2. The molecule has 2 atom stereocenters. The Morgan fingerprint density at radius 1 is 0.527 bits per heavy atom. The maximum atomic E-state index is 12.6. The van der Waals surface area contributed by atoms with Crippen molar-refractivity contribution < 1.29 is 37.6 Å². The molecule has 326 valence electrons. The monoisotopic (exact) mass is 802 g/mol. The van der Waals surface area contributed by atoms with Crippen LogP contribution in [-0.2, 0) is 32.7 Å². The van der Waals surface area contributed by atoms with Gasteiger partial charge in [0.2, 0.25) is 0 Å². The summed E-state index contributed by atoms with van der Waals surface area (Å²) in [6.45, 7) is 3.75. The second kappa shape index (κ2) is 42.4. The largest absolute Gasteiger partial charge is 0.472 e. The van der Waals surface area contributed by atoms with Crippen molar-refractivity contribution in [2.75, 3.05) is 26.4 Å². The van der Waals surface area contributed by atoms with Gasteiger partial charge in [-0.15, -0.1) is 0 Å². The second-order valence-corrected chi connectivity index (χ2v) is 17.1. The number of esters is 2. The van der Waals surface area contributed by atoms with Crippen molar-refractivity contribution in [3.63, 3.8) is 0 Å². The van der Waals surface area contributed by atoms with Gasteiger partial charge in [-0.25, -0.2) is 4.57 Å². The molecule has 0 aromatic heterocycles.